The van der Waals surface area contributed by atoms with Gasteiger partial charge in [0.25, 0.3) is 5.91 Å². The standard InChI is InChI=1S/C22H24ClN3O3/c1-13-10-14(2)15(3)19(11-13)28-16(4)22(27)26(5)12-20-24-21(25-29-20)17-8-6-7-9-18(17)23/h6-11,16H,12H2,1-5H3. The molecule has 0 bridgehead atoms. The molecule has 1 unspecified atom stereocenters. The average Bonchev–Trinajstić information content (AvgIpc) is 3.13. The number of nitrogens with zero attached hydrogens (tertiary/aromatic N) is 3. The second kappa shape index (κ2) is 8.66. The number of rotatable bonds is 6. The Kier molecular flexibility index (Phi) is 6.23. The van der Waals surface area contributed by atoms with Crippen molar-refractivity contribution in [1.82, 2.24) is 15.0 Å². The minimum Gasteiger partial charge on any atom is -0.481 e. The fraction of sp³-hybridized carbons (Fsp3) is 0.318. The van der Waals surface area contributed by atoms with Crippen LogP contribution < -0.4 is 4.74 Å². The summed E-state index contributed by atoms with van der Waals surface area (Å²) in [5, 5.41) is 4.50. The molecule has 3 rings (SSSR count). The third kappa shape index (κ3) is 4.77. The van der Waals surface area contributed by atoms with Crippen LogP contribution in [0.4, 0.5) is 0 Å². The highest BCUT2D eigenvalue weighted by atomic mass is 35.5. The van der Waals surface area contributed by atoms with E-state index in [9.17, 15) is 4.79 Å². The van der Waals surface area contributed by atoms with E-state index in [1.807, 2.05) is 45.0 Å². The number of ether oxygens (including phenoxy) is 1. The average molecular weight is 414 g/mol. The summed E-state index contributed by atoms with van der Waals surface area (Å²) in [4.78, 5) is 18.6. The molecule has 0 aliphatic carbocycles. The SMILES string of the molecule is Cc1cc(C)c(C)c(OC(C)C(=O)N(C)Cc2nc(-c3ccccc3Cl)no2)c1. The minimum absolute atomic E-state index is 0.176. The molecule has 0 aliphatic heterocycles. The summed E-state index contributed by atoms with van der Waals surface area (Å²) in [6.07, 6.45) is -0.647. The first kappa shape index (κ1) is 20.9. The van der Waals surface area contributed by atoms with Crippen molar-refractivity contribution >= 4 is 17.5 Å². The van der Waals surface area contributed by atoms with Crippen LogP contribution in [0.3, 0.4) is 0 Å². The summed E-state index contributed by atoms with van der Waals surface area (Å²) in [6.45, 7) is 7.93. The van der Waals surface area contributed by atoms with Gasteiger partial charge in [0.15, 0.2) is 6.10 Å². The topological polar surface area (TPSA) is 68.5 Å². The van der Waals surface area contributed by atoms with E-state index >= 15 is 0 Å². The third-order valence-corrected chi connectivity index (χ3v) is 5.08. The maximum absolute atomic E-state index is 12.8. The van der Waals surface area contributed by atoms with Gasteiger partial charge < -0.3 is 14.2 Å². The summed E-state index contributed by atoms with van der Waals surface area (Å²) in [5.41, 5.74) is 3.93. The smallest absolute Gasteiger partial charge is 0.263 e. The summed E-state index contributed by atoms with van der Waals surface area (Å²) in [5.74, 6) is 1.25. The summed E-state index contributed by atoms with van der Waals surface area (Å²) < 4.78 is 11.2. The fourth-order valence-corrected chi connectivity index (χ4v) is 3.25. The molecule has 152 valence electrons. The van der Waals surface area contributed by atoms with E-state index in [1.165, 1.54) is 4.90 Å². The van der Waals surface area contributed by atoms with Gasteiger partial charge in [0, 0.05) is 12.6 Å². The lowest BCUT2D eigenvalue weighted by atomic mass is 10.1. The molecule has 0 saturated heterocycles. The van der Waals surface area contributed by atoms with E-state index in [0.717, 1.165) is 22.4 Å². The van der Waals surface area contributed by atoms with Crippen molar-refractivity contribution in [3.8, 4) is 17.1 Å². The second-order valence-corrected chi connectivity index (χ2v) is 7.56. The number of amides is 1. The van der Waals surface area contributed by atoms with Gasteiger partial charge in [-0.15, -0.1) is 0 Å². The Labute approximate surface area is 175 Å². The van der Waals surface area contributed by atoms with Gasteiger partial charge in [-0.2, -0.15) is 4.98 Å². The molecular weight excluding hydrogens is 390 g/mol. The Morgan fingerprint density at radius 1 is 1.24 bits per heavy atom. The summed E-state index contributed by atoms with van der Waals surface area (Å²) in [7, 11) is 1.68. The number of aromatic nitrogens is 2. The van der Waals surface area contributed by atoms with Crippen molar-refractivity contribution in [1.29, 1.82) is 0 Å². The van der Waals surface area contributed by atoms with Crippen LogP contribution in [-0.4, -0.2) is 34.1 Å². The summed E-state index contributed by atoms with van der Waals surface area (Å²) >= 11 is 6.17. The van der Waals surface area contributed by atoms with E-state index in [2.05, 4.69) is 16.2 Å². The minimum atomic E-state index is -0.647. The van der Waals surface area contributed by atoms with Gasteiger partial charge in [-0.25, -0.2) is 0 Å². The van der Waals surface area contributed by atoms with E-state index in [0.29, 0.717) is 22.3 Å². The number of benzene rings is 2. The highest BCUT2D eigenvalue weighted by Gasteiger charge is 2.22. The lowest BCUT2D eigenvalue weighted by molar-refractivity contribution is -0.137. The molecule has 1 aromatic heterocycles. The molecule has 1 amide bonds. The predicted octanol–water partition coefficient (Wildman–Crippen LogP) is 4.74. The molecular formula is C22H24ClN3O3. The van der Waals surface area contributed by atoms with Crippen LogP contribution in [0.1, 0.15) is 29.5 Å². The van der Waals surface area contributed by atoms with Gasteiger partial charge >= 0.3 is 0 Å². The van der Waals surface area contributed by atoms with Crippen molar-refractivity contribution in [2.75, 3.05) is 7.05 Å². The zero-order chi connectivity index (χ0) is 21.1. The number of carbonyl (C=O) groups excluding carboxylic acids is 1. The number of halogens is 1. The number of hydrogen-bond donors (Lipinski definition) is 0. The van der Waals surface area contributed by atoms with Crippen molar-refractivity contribution in [2.24, 2.45) is 0 Å². The van der Waals surface area contributed by atoms with Gasteiger partial charge in [-0.05, 0) is 62.6 Å². The van der Waals surface area contributed by atoms with Gasteiger partial charge in [-0.3, -0.25) is 4.79 Å². The molecule has 6 nitrogen and oxygen atoms in total. The van der Waals surface area contributed by atoms with Crippen molar-refractivity contribution in [2.45, 2.75) is 40.3 Å². The van der Waals surface area contributed by atoms with Crippen molar-refractivity contribution in [3.63, 3.8) is 0 Å². The molecule has 3 aromatic rings. The molecule has 1 heterocycles. The summed E-state index contributed by atoms with van der Waals surface area (Å²) in [6, 6.07) is 11.3. The zero-order valence-corrected chi connectivity index (χ0v) is 17.9. The molecule has 2 aromatic carbocycles. The zero-order valence-electron chi connectivity index (χ0n) is 17.2. The van der Waals surface area contributed by atoms with Crippen LogP contribution >= 0.6 is 11.6 Å². The van der Waals surface area contributed by atoms with E-state index in [4.69, 9.17) is 20.9 Å². The van der Waals surface area contributed by atoms with Gasteiger partial charge in [0.2, 0.25) is 11.7 Å². The molecule has 7 heteroatoms. The number of likely N-dealkylation sites (N-methyl/N-ethyl adjacent to an activating group) is 1. The third-order valence-electron chi connectivity index (χ3n) is 4.75. The van der Waals surface area contributed by atoms with E-state index in [1.54, 1.807) is 20.0 Å². The van der Waals surface area contributed by atoms with Crippen molar-refractivity contribution < 1.29 is 14.1 Å². The maximum atomic E-state index is 12.8. The van der Waals surface area contributed by atoms with Crippen LogP contribution in [0.15, 0.2) is 40.9 Å². The first-order valence-electron chi connectivity index (χ1n) is 9.33. The van der Waals surface area contributed by atoms with Gasteiger partial charge in [-0.1, -0.05) is 35.0 Å². The largest absolute Gasteiger partial charge is 0.481 e. The monoisotopic (exact) mass is 413 g/mol. The Morgan fingerprint density at radius 3 is 2.69 bits per heavy atom. The van der Waals surface area contributed by atoms with E-state index < -0.39 is 6.10 Å². The predicted molar refractivity (Wildman–Crippen MR) is 112 cm³/mol. The lowest BCUT2D eigenvalue weighted by Crippen LogP contribution is -2.37. The van der Waals surface area contributed by atoms with Crippen molar-refractivity contribution in [3.05, 3.63) is 64.0 Å². The molecule has 0 aliphatic rings. The highest BCUT2D eigenvalue weighted by Crippen LogP contribution is 2.26. The molecule has 0 saturated carbocycles. The van der Waals surface area contributed by atoms with Crippen LogP contribution in [0.5, 0.6) is 5.75 Å². The molecule has 29 heavy (non-hydrogen) atoms. The first-order chi connectivity index (χ1) is 13.8. The normalized spacial score (nSPS) is 11.9. The molecule has 0 fully saturated rings. The van der Waals surface area contributed by atoms with Crippen LogP contribution in [-0.2, 0) is 11.3 Å². The molecule has 1 atom stereocenters. The Bertz CT molecular complexity index is 1030. The molecule has 0 radical (unpaired) electrons. The number of aryl methyl sites for hydroxylation is 2. The fourth-order valence-electron chi connectivity index (χ4n) is 3.03. The second-order valence-electron chi connectivity index (χ2n) is 7.15. The molecule has 0 N–H and O–H groups in total. The van der Waals surface area contributed by atoms with Crippen LogP contribution in [0.2, 0.25) is 5.02 Å². The lowest BCUT2D eigenvalue weighted by Gasteiger charge is -2.22. The Hall–Kier alpha value is -2.86. The quantitative estimate of drug-likeness (QED) is 0.583. The van der Waals surface area contributed by atoms with Gasteiger partial charge in [0.1, 0.15) is 5.75 Å². The van der Waals surface area contributed by atoms with E-state index in [-0.39, 0.29) is 12.5 Å². The Balaban J connectivity index is 1.67. The number of carbonyl (C=O) groups is 1. The number of hydrogen-bond acceptors (Lipinski definition) is 5. The Morgan fingerprint density at radius 2 is 1.97 bits per heavy atom. The highest BCUT2D eigenvalue weighted by molar-refractivity contribution is 6.33. The first-order valence-corrected chi connectivity index (χ1v) is 9.71. The van der Waals surface area contributed by atoms with Gasteiger partial charge in [0.05, 0.1) is 11.6 Å². The van der Waals surface area contributed by atoms with Crippen LogP contribution in [0.25, 0.3) is 11.4 Å². The van der Waals surface area contributed by atoms with Crippen LogP contribution in [0, 0.1) is 20.8 Å². The molecule has 0 spiro atoms. The maximum Gasteiger partial charge on any atom is 0.263 e.